The van der Waals surface area contributed by atoms with Gasteiger partial charge in [0, 0.05) is 12.0 Å². The molecule has 1 aliphatic carbocycles. The van der Waals surface area contributed by atoms with Gasteiger partial charge in [0.1, 0.15) is 5.75 Å². The highest BCUT2D eigenvalue weighted by atomic mass is 16.5. The molecular weight excluding hydrogens is 268 g/mol. The average molecular weight is 290 g/mol. The van der Waals surface area contributed by atoms with Gasteiger partial charge in [0.05, 0.1) is 0 Å². The van der Waals surface area contributed by atoms with Crippen molar-refractivity contribution in [2.75, 3.05) is 6.61 Å². The number of primary amides is 1. The van der Waals surface area contributed by atoms with Gasteiger partial charge in [-0.1, -0.05) is 6.07 Å². The Labute approximate surface area is 124 Å². The SMILES string of the molecule is Cc1ccc(OCC(=O)N[C@@H]2CC[C@H](C(N)=O)C2)cc1C. The Kier molecular flexibility index (Phi) is 4.83. The van der Waals surface area contributed by atoms with Gasteiger partial charge in [-0.2, -0.15) is 0 Å². The van der Waals surface area contributed by atoms with Crippen LogP contribution in [0.3, 0.4) is 0 Å². The van der Waals surface area contributed by atoms with Gasteiger partial charge in [-0.05, 0) is 56.4 Å². The van der Waals surface area contributed by atoms with Crippen molar-refractivity contribution < 1.29 is 14.3 Å². The molecule has 3 N–H and O–H groups in total. The van der Waals surface area contributed by atoms with E-state index in [0.29, 0.717) is 12.2 Å². The number of nitrogens with one attached hydrogen (secondary N) is 1. The molecule has 0 spiro atoms. The van der Waals surface area contributed by atoms with Crippen molar-refractivity contribution in [1.82, 2.24) is 5.32 Å². The van der Waals surface area contributed by atoms with Crippen LogP contribution in [0.2, 0.25) is 0 Å². The first kappa shape index (κ1) is 15.4. The third-order valence-electron chi connectivity index (χ3n) is 4.05. The first-order valence-corrected chi connectivity index (χ1v) is 7.24. The summed E-state index contributed by atoms with van der Waals surface area (Å²) >= 11 is 0. The maximum atomic E-state index is 11.8. The molecule has 2 rings (SSSR count). The summed E-state index contributed by atoms with van der Waals surface area (Å²) in [4.78, 5) is 22.9. The van der Waals surface area contributed by atoms with Crippen molar-refractivity contribution in [3.05, 3.63) is 29.3 Å². The standard InChI is InChI=1S/C16H22N2O3/c1-10-3-6-14(7-11(10)2)21-9-15(19)18-13-5-4-12(8-13)16(17)20/h3,6-7,12-13H,4-5,8-9H2,1-2H3,(H2,17,20)(H,18,19)/t12-,13+/m0/s1. The normalized spacial score (nSPS) is 21.0. The molecule has 0 saturated heterocycles. The van der Waals surface area contributed by atoms with E-state index in [1.807, 2.05) is 32.0 Å². The number of rotatable bonds is 5. The van der Waals surface area contributed by atoms with Crippen LogP contribution in [0.5, 0.6) is 5.75 Å². The Balaban J connectivity index is 1.77. The quantitative estimate of drug-likeness (QED) is 0.861. The van der Waals surface area contributed by atoms with E-state index in [1.54, 1.807) is 0 Å². The highest BCUT2D eigenvalue weighted by molar-refractivity contribution is 5.79. The smallest absolute Gasteiger partial charge is 0.258 e. The zero-order valence-electron chi connectivity index (χ0n) is 12.5. The fourth-order valence-electron chi connectivity index (χ4n) is 2.59. The molecule has 0 aromatic heterocycles. The molecule has 114 valence electrons. The number of amides is 2. The molecule has 2 atom stereocenters. The van der Waals surface area contributed by atoms with E-state index in [2.05, 4.69) is 5.32 Å². The van der Waals surface area contributed by atoms with E-state index in [9.17, 15) is 9.59 Å². The molecule has 0 heterocycles. The monoisotopic (exact) mass is 290 g/mol. The molecule has 1 saturated carbocycles. The molecule has 0 radical (unpaired) electrons. The lowest BCUT2D eigenvalue weighted by molar-refractivity contribution is -0.124. The molecule has 0 bridgehead atoms. The van der Waals surface area contributed by atoms with E-state index in [-0.39, 0.29) is 30.4 Å². The Hall–Kier alpha value is -2.04. The van der Waals surface area contributed by atoms with Gasteiger partial charge in [0.2, 0.25) is 5.91 Å². The largest absolute Gasteiger partial charge is 0.484 e. The van der Waals surface area contributed by atoms with E-state index in [4.69, 9.17) is 10.5 Å². The van der Waals surface area contributed by atoms with Crippen LogP contribution in [0, 0.1) is 19.8 Å². The summed E-state index contributed by atoms with van der Waals surface area (Å²) in [5, 5.41) is 2.89. The third kappa shape index (κ3) is 4.21. The third-order valence-corrected chi connectivity index (χ3v) is 4.05. The second kappa shape index (κ2) is 6.61. The van der Waals surface area contributed by atoms with E-state index < -0.39 is 0 Å². The molecule has 5 nitrogen and oxygen atoms in total. The van der Waals surface area contributed by atoms with Crippen LogP contribution in [-0.2, 0) is 9.59 Å². The predicted octanol–water partition coefficient (Wildman–Crippen LogP) is 1.45. The van der Waals surface area contributed by atoms with Gasteiger partial charge in [0.25, 0.3) is 5.91 Å². The molecule has 1 aliphatic rings. The van der Waals surface area contributed by atoms with Crippen molar-refractivity contribution in [2.45, 2.75) is 39.2 Å². The van der Waals surface area contributed by atoms with Gasteiger partial charge in [-0.25, -0.2) is 0 Å². The lowest BCUT2D eigenvalue weighted by Gasteiger charge is -2.13. The zero-order valence-corrected chi connectivity index (χ0v) is 12.5. The number of aryl methyl sites for hydroxylation is 2. The molecule has 1 aromatic carbocycles. The molecule has 1 fully saturated rings. The van der Waals surface area contributed by atoms with Gasteiger partial charge >= 0.3 is 0 Å². The van der Waals surface area contributed by atoms with Crippen LogP contribution in [0.4, 0.5) is 0 Å². The number of nitrogens with two attached hydrogens (primary N) is 1. The highest BCUT2D eigenvalue weighted by Gasteiger charge is 2.29. The second-order valence-electron chi connectivity index (χ2n) is 5.71. The molecule has 2 amide bonds. The van der Waals surface area contributed by atoms with Gasteiger partial charge in [0.15, 0.2) is 6.61 Å². The average Bonchev–Trinajstić information content (AvgIpc) is 2.89. The lowest BCUT2D eigenvalue weighted by atomic mass is 10.1. The lowest BCUT2D eigenvalue weighted by Crippen LogP contribution is -2.37. The van der Waals surface area contributed by atoms with Crippen molar-refractivity contribution in [1.29, 1.82) is 0 Å². The van der Waals surface area contributed by atoms with Crippen LogP contribution in [0.1, 0.15) is 30.4 Å². The van der Waals surface area contributed by atoms with Gasteiger partial charge in [-0.3, -0.25) is 9.59 Å². The van der Waals surface area contributed by atoms with Crippen LogP contribution >= 0.6 is 0 Å². The number of hydrogen-bond acceptors (Lipinski definition) is 3. The number of ether oxygens (including phenoxy) is 1. The minimum Gasteiger partial charge on any atom is -0.484 e. The van der Waals surface area contributed by atoms with Gasteiger partial charge in [-0.15, -0.1) is 0 Å². The molecular formula is C16H22N2O3. The fourth-order valence-corrected chi connectivity index (χ4v) is 2.59. The van der Waals surface area contributed by atoms with Crippen molar-refractivity contribution >= 4 is 11.8 Å². The zero-order chi connectivity index (χ0) is 15.4. The van der Waals surface area contributed by atoms with Crippen LogP contribution in [0.15, 0.2) is 18.2 Å². The summed E-state index contributed by atoms with van der Waals surface area (Å²) < 4.78 is 5.48. The Morgan fingerprint density at radius 1 is 1.29 bits per heavy atom. The Bertz CT molecular complexity index is 542. The first-order valence-electron chi connectivity index (χ1n) is 7.24. The molecule has 21 heavy (non-hydrogen) atoms. The highest BCUT2D eigenvalue weighted by Crippen LogP contribution is 2.25. The van der Waals surface area contributed by atoms with Crippen molar-refractivity contribution in [3.63, 3.8) is 0 Å². The summed E-state index contributed by atoms with van der Waals surface area (Å²) in [6.07, 6.45) is 2.17. The Morgan fingerprint density at radius 3 is 2.67 bits per heavy atom. The maximum Gasteiger partial charge on any atom is 0.258 e. The first-order chi connectivity index (χ1) is 9.95. The molecule has 5 heteroatoms. The minimum absolute atomic E-state index is 0.0137. The fraction of sp³-hybridized carbons (Fsp3) is 0.500. The van der Waals surface area contributed by atoms with E-state index >= 15 is 0 Å². The summed E-state index contributed by atoms with van der Waals surface area (Å²) in [5.41, 5.74) is 7.60. The summed E-state index contributed by atoms with van der Waals surface area (Å²) in [6, 6.07) is 5.77. The summed E-state index contributed by atoms with van der Waals surface area (Å²) in [7, 11) is 0. The molecule has 1 aromatic rings. The van der Waals surface area contributed by atoms with Gasteiger partial charge < -0.3 is 15.8 Å². The summed E-state index contributed by atoms with van der Waals surface area (Å²) in [6.45, 7) is 4.02. The number of carbonyl (C=O) groups is 2. The molecule has 0 unspecified atom stereocenters. The van der Waals surface area contributed by atoms with Crippen molar-refractivity contribution in [3.8, 4) is 5.75 Å². The van der Waals surface area contributed by atoms with Crippen LogP contribution < -0.4 is 15.8 Å². The van der Waals surface area contributed by atoms with Crippen molar-refractivity contribution in [2.24, 2.45) is 11.7 Å². The summed E-state index contributed by atoms with van der Waals surface area (Å²) in [5.74, 6) is 0.132. The molecule has 0 aliphatic heterocycles. The van der Waals surface area contributed by atoms with E-state index in [0.717, 1.165) is 18.4 Å². The predicted molar refractivity (Wildman–Crippen MR) is 79.9 cm³/mol. The number of benzene rings is 1. The number of hydrogen-bond donors (Lipinski definition) is 2. The van der Waals surface area contributed by atoms with Crippen LogP contribution in [0.25, 0.3) is 0 Å². The second-order valence-corrected chi connectivity index (χ2v) is 5.71. The Morgan fingerprint density at radius 2 is 2.05 bits per heavy atom. The van der Waals surface area contributed by atoms with E-state index in [1.165, 1.54) is 5.56 Å². The topological polar surface area (TPSA) is 81.4 Å². The maximum absolute atomic E-state index is 11.8. The van der Waals surface area contributed by atoms with Crippen LogP contribution in [-0.4, -0.2) is 24.5 Å². The minimum atomic E-state index is -0.280. The number of carbonyl (C=O) groups excluding carboxylic acids is 2.